The van der Waals surface area contributed by atoms with Crippen molar-refractivity contribution in [2.75, 3.05) is 12.4 Å². The number of ether oxygens (including phenoxy) is 1. The highest BCUT2D eigenvalue weighted by Crippen LogP contribution is 2.30. The van der Waals surface area contributed by atoms with E-state index in [1.54, 1.807) is 25.3 Å². The third-order valence-electron chi connectivity index (χ3n) is 5.80. The van der Waals surface area contributed by atoms with Crippen LogP contribution in [0.4, 0.5) is 5.13 Å². The van der Waals surface area contributed by atoms with Crippen molar-refractivity contribution in [3.05, 3.63) is 74.8 Å². The largest absolute Gasteiger partial charge is 0.496 e. The molecule has 5 N–H and O–H groups in total. The van der Waals surface area contributed by atoms with Gasteiger partial charge in [0.25, 0.3) is 5.91 Å². The Morgan fingerprint density at radius 1 is 1.28 bits per heavy atom. The van der Waals surface area contributed by atoms with Crippen LogP contribution < -0.4 is 21.5 Å². The molecule has 1 aliphatic rings. The van der Waals surface area contributed by atoms with E-state index in [2.05, 4.69) is 10.3 Å². The van der Waals surface area contributed by atoms with E-state index in [0.717, 1.165) is 46.5 Å². The van der Waals surface area contributed by atoms with E-state index in [-0.39, 0.29) is 11.9 Å². The van der Waals surface area contributed by atoms with Crippen LogP contribution in [0, 0.1) is 6.92 Å². The molecule has 4 rings (SSSR count). The Bertz CT molecular complexity index is 1190. The van der Waals surface area contributed by atoms with Gasteiger partial charge in [0.05, 0.1) is 12.8 Å². The molecular weight excluding hydrogens is 424 g/mol. The second kappa shape index (κ2) is 9.10. The van der Waals surface area contributed by atoms with Crippen molar-refractivity contribution in [1.82, 2.24) is 4.98 Å². The Balaban J connectivity index is 1.56. The number of aryl methyl sites for hydroxylation is 1. The fourth-order valence-corrected chi connectivity index (χ4v) is 5.16. The second-order valence-corrected chi connectivity index (χ2v) is 9.09. The van der Waals surface area contributed by atoms with Crippen LogP contribution in [-0.4, -0.2) is 29.9 Å². The highest BCUT2D eigenvalue weighted by atomic mass is 32.1. The predicted molar refractivity (Wildman–Crippen MR) is 126 cm³/mol. The SMILES string of the molecule is COc1ccc(C(N)=O)c(Cc2cccc(C(=O)Nc3nc4c(s3)C[C@H](N)CC4)c2)c1C. The molecule has 32 heavy (non-hydrogen) atoms. The summed E-state index contributed by atoms with van der Waals surface area (Å²) in [4.78, 5) is 30.5. The summed E-state index contributed by atoms with van der Waals surface area (Å²) in [6.07, 6.45) is 3.02. The number of anilines is 1. The van der Waals surface area contributed by atoms with Crippen molar-refractivity contribution in [2.24, 2.45) is 11.5 Å². The fraction of sp³-hybridized carbons (Fsp3) is 0.292. The van der Waals surface area contributed by atoms with Crippen molar-refractivity contribution in [3.8, 4) is 5.75 Å². The van der Waals surface area contributed by atoms with Crippen LogP contribution >= 0.6 is 11.3 Å². The average Bonchev–Trinajstić information content (AvgIpc) is 3.16. The minimum Gasteiger partial charge on any atom is -0.496 e. The van der Waals surface area contributed by atoms with Gasteiger partial charge in [0.15, 0.2) is 5.13 Å². The number of primary amides is 1. The highest BCUT2D eigenvalue weighted by molar-refractivity contribution is 7.15. The van der Waals surface area contributed by atoms with E-state index < -0.39 is 5.91 Å². The number of methoxy groups -OCH3 is 1. The molecule has 0 fully saturated rings. The summed E-state index contributed by atoms with van der Waals surface area (Å²) in [5.74, 6) is -0.0295. The summed E-state index contributed by atoms with van der Waals surface area (Å²) in [6.45, 7) is 1.90. The monoisotopic (exact) mass is 450 g/mol. The number of nitrogens with two attached hydrogens (primary N) is 2. The maximum Gasteiger partial charge on any atom is 0.257 e. The Hall–Kier alpha value is -3.23. The fourth-order valence-electron chi connectivity index (χ4n) is 4.06. The molecule has 1 heterocycles. The van der Waals surface area contributed by atoms with Gasteiger partial charge in [-0.15, -0.1) is 11.3 Å². The zero-order valence-corrected chi connectivity index (χ0v) is 18.9. The van der Waals surface area contributed by atoms with Gasteiger partial charge in [-0.25, -0.2) is 4.98 Å². The molecule has 0 saturated heterocycles. The minimum atomic E-state index is -0.493. The second-order valence-electron chi connectivity index (χ2n) is 8.01. The number of hydrogen-bond donors (Lipinski definition) is 3. The number of fused-ring (bicyclic) bond motifs is 1. The van der Waals surface area contributed by atoms with E-state index in [0.29, 0.717) is 28.4 Å². The first-order valence-electron chi connectivity index (χ1n) is 10.5. The summed E-state index contributed by atoms with van der Waals surface area (Å²) in [5, 5.41) is 3.51. The van der Waals surface area contributed by atoms with E-state index in [1.165, 1.54) is 11.3 Å². The smallest absolute Gasteiger partial charge is 0.257 e. The summed E-state index contributed by atoms with van der Waals surface area (Å²) < 4.78 is 5.40. The van der Waals surface area contributed by atoms with Gasteiger partial charge in [0.1, 0.15) is 5.75 Å². The quantitative estimate of drug-likeness (QED) is 0.533. The molecule has 0 unspecified atom stereocenters. The minimum absolute atomic E-state index is 0.161. The molecule has 1 aromatic heterocycles. The Labute approximate surface area is 190 Å². The molecule has 1 atom stereocenters. The van der Waals surface area contributed by atoms with Crippen LogP contribution in [0.3, 0.4) is 0 Å². The number of nitrogens with zero attached hydrogens (tertiary/aromatic N) is 1. The molecule has 2 aromatic carbocycles. The standard InChI is InChI=1S/C24H26N4O3S/c1-13-18(17(22(26)29)7-9-20(13)31-2)11-14-4-3-5-15(10-14)23(30)28-24-27-19-8-6-16(25)12-21(19)32-24/h3-5,7,9-10,16H,6,8,11-12,25H2,1-2H3,(H2,26,29)(H,27,28,30)/t16-/m1/s1. The molecule has 0 saturated carbocycles. The Morgan fingerprint density at radius 3 is 2.84 bits per heavy atom. The maximum atomic E-state index is 12.9. The van der Waals surface area contributed by atoms with Crippen LogP contribution in [0.5, 0.6) is 5.75 Å². The zero-order chi connectivity index (χ0) is 22.8. The number of carbonyl (C=O) groups excluding carboxylic acids is 2. The first-order chi connectivity index (χ1) is 15.4. The molecule has 1 aliphatic carbocycles. The molecule has 0 aliphatic heterocycles. The summed E-state index contributed by atoms with van der Waals surface area (Å²) >= 11 is 1.49. The van der Waals surface area contributed by atoms with Crippen LogP contribution in [0.1, 0.15) is 54.4 Å². The van der Waals surface area contributed by atoms with Crippen molar-refractivity contribution in [1.29, 1.82) is 0 Å². The Kier molecular flexibility index (Phi) is 6.25. The van der Waals surface area contributed by atoms with E-state index in [4.69, 9.17) is 16.2 Å². The summed E-state index contributed by atoms with van der Waals surface area (Å²) in [5.41, 5.74) is 16.2. The van der Waals surface area contributed by atoms with E-state index >= 15 is 0 Å². The molecule has 3 aromatic rings. The van der Waals surface area contributed by atoms with Gasteiger partial charge in [0.2, 0.25) is 5.91 Å². The lowest BCUT2D eigenvalue weighted by molar-refractivity contribution is 0.0996. The van der Waals surface area contributed by atoms with Crippen LogP contribution in [0.15, 0.2) is 36.4 Å². The van der Waals surface area contributed by atoms with Gasteiger partial charge in [-0.1, -0.05) is 12.1 Å². The number of hydrogen-bond acceptors (Lipinski definition) is 6. The number of rotatable bonds is 6. The van der Waals surface area contributed by atoms with E-state index in [9.17, 15) is 9.59 Å². The molecule has 7 nitrogen and oxygen atoms in total. The molecule has 0 radical (unpaired) electrons. The lowest BCUT2D eigenvalue weighted by Gasteiger charge is -2.15. The lowest BCUT2D eigenvalue weighted by Crippen LogP contribution is -2.27. The molecule has 166 valence electrons. The number of carbonyl (C=O) groups is 2. The van der Waals surface area contributed by atoms with Crippen LogP contribution in [-0.2, 0) is 19.3 Å². The summed E-state index contributed by atoms with van der Waals surface area (Å²) in [6, 6.07) is 10.9. The first-order valence-corrected chi connectivity index (χ1v) is 11.3. The first kappa shape index (κ1) is 22.0. The lowest BCUT2D eigenvalue weighted by atomic mass is 9.93. The molecular formula is C24H26N4O3S. The Morgan fingerprint density at radius 2 is 2.09 bits per heavy atom. The van der Waals surface area contributed by atoms with Gasteiger partial charge in [-0.2, -0.15) is 0 Å². The van der Waals surface area contributed by atoms with Gasteiger partial charge < -0.3 is 16.2 Å². The molecule has 8 heteroatoms. The van der Waals surface area contributed by atoms with Gasteiger partial charge >= 0.3 is 0 Å². The number of aromatic nitrogens is 1. The predicted octanol–water partition coefficient (Wildman–Crippen LogP) is 3.22. The average molecular weight is 451 g/mol. The normalized spacial score (nSPS) is 15.2. The van der Waals surface area contributed by atoms with Crippen molar-refractivity contribution < 1.29 is 14.3 Å². The van der Waals surface area contributed by atoms with Crippen LogP contribution in [0.25, 0.3) is 0 Å². The van der Waals surface area contributed by atoms with Crippen molar-refractivity contribution in [3.63, 3.8) is 0 Å². The number of benzene rings is 2. The van der Waals surface area contributed by atoms with Gasteiger partial charge in [-0.3, -0.25) is 14.9 Å². The van der Waals surface area contributed by atoms with Crippen molar-refractivity contribution >= 4 is 28.3 Å². The molecule has 0 spiro atoms. The summed E-state index contributed by atoms with van der Waals surface area (Å²) in [7, 11) is 1.59. The molecule has 0 bridgehead atoms. The highest BCUT2D eigenvalue weighted by Gasteiger charge is 2.21. The maximum absolute atomic E-state index is 12.9. The number of thiazole rings is 1. The van der Waals surface area contributed by atoms with E-state index in [1.807, 2.05) is 25.1 Å². The topological polar surface area (TPSA) is 120 Å². The zero-order valence-electron chi connectivity index (χ0n) is 18.1. The number of amides is 2. The van der Waals surface area contributed by atoms with Crippen molar-refractivity contribution in [2.45, 2.75) is 38.6 Å². The van der Waals surface area contributed by atoms with Gasteiger partial charge in [-0.05, 0) is 73.6 Å². The third-order valence-corrected chi connectivity index (χ3v) is 6.84. The third kappa shape index (κ3) is 4.51. The van der Waals surface area contributed by atoms with Gasteiger partial charge in [0, 0.05) is 22.0 Å². The molecule has 2 amide bonds. The number of nitrogens with one attached hydrogen (secondary N) is 1. The van der Waals surface area contributed by atoms with Crippen LogP contribution in [0.2, 0.25) is 0 Å².